The molecule has 2 N–H and O–H groups in total. The Morgan fingerprint density at radius 3 is 2.68 bits per heavy atom. The Labute approximate surface area is 112 Å². The van der Waals surface area contributed by atoms with Gasteiger partial charge in [-0.15, -0.1) is 0 Å². The Hall–Kier alpha value is -2.17. The summed E-state index contributed by atoms with van der Waals surface area (Å²) in [5.41, 5.74) is 0.736. The standard InChI is InChI=1S/C14H18N2O3/c1-3-11(4-2)16-14(19)13-10(6-5-9-15-13)7-8-12(17)18/h5-9,11H,3-4H2,1-2H3,(H,16,19)(H,17,18)/b8-7+. The second kappa shape index (κ2) is 7.31. The molecule has 5 heteroatoms. The van der Waals surface area contributed by atoms with Gasteiger partial charge in [0.15, 0.2) is 0 Å². The van der Waals surface area contributed by atoms with Gasteiger partial charge in [0.05, 0.1) is 0 Å². The zero-order valence-electron chi connectivity index (χ0n) is 11.1. The molecule has 1 aromatic rings. The van der Waals surface area contributed by atoms with Crippen LogP contribution in [0, 0.1) is 0 Å². The molecule has 0 spiro atoms. The maximum atomic E-state index is 12.1. The van der Waals surface area contributed by atoms with Gasteiger partial charge < -0.3 is 10.4 Å². The van der Waals surface area contributed by atoms with Gasteiger partial charge in [0.2, 0.25) is 0 Å². The number of rotatable bonds is 6. The highest BCUT2D eigenvalue weighted by Crippen LogP contribution is 2.09. The molecule has 1 aromatic heterocycles. The van der Waals surface area contributed by atoms with Gasteiger partial charge in [0.25, 0.3) is 5.91 Å². The molecule has 0 aromatic carbocycles. The normalized spacial score (nSPS) is 10.9. The van der Waals surface area contributed by atoms with Crippen LogP contribution in [0.1, 0.15) is 42.7 Å². The fourth-order valence-corrected chi connectivity index (χ4v) is 1.65. The van der Waals surface area contributed by atoms with E-state index in [1.165, 1.54) is 12.3 Å². The SMILES string of the molecule is CCC(CC)NC(=O)c1ncccc1/C=C/C(=O)O. The van der Waals surface area contributed by atoms with Crippen molar-refractivity contribution in [2.75, 3.05) is 0 Å². The third-order valence-electron chi connectivity index (χ3n) is 2.78. The molecule has 0 aliphatic carbocycles. The highest BCUT2D eigenvalue weighted by Gasteiger charge is 2.14. The first-order valence-electron chi connectivity index (χ1n) is 6.25. The molecular formula is C14H18N2O3. The molecular weight excluding hydrogens is 244 g/mol. The zero-order valence-corrected chi connectivity index (χ0v) is 11.1. The fourth-order valence-electron chi connectivity index (χ4n) is 1.65. The van der Waals surface area contributed by atoms with E-state index < -0.39 is 5.97 Å². The summed E-state index contributed by atoms with van der Waals surface area (Å²) >= 11 is 0. The minimum Gasteiger partial charge on any atom is -0.478 e. The smallest absolute Gasteiger partial charge is 0.328 e. The second-order valence-corrected chi connectivity index (χ2v) is 4.10. The van der Waals surface area contributed by atoms with E-state index in [0.29, 0.717) is 5.56 Å². The average molecular weight is 262 g/mol. The lowest BCUT2D eigenvalue weighted by atomic mass is 10.1. The number of carbonyl (C=O) groups excluding carboxylic acids is 1. The summed E-state index contributed by atoms with van der Waals surface area (Å²) in [5, 5.41) is 11.5. The van der Waals surface area contributed by atoms with Crippen molar-refractivity contribution in [3.05, 3.63) is 35.7 Å². The molecule has 1 rings (SSSR count). The van der Waals surface area contributed by atoms with Crippen molar-refractivity contribution < 1.29 is 14.7 Å². The number of carboxylic acids is 1. The molecule has 0 atom stereocenters. The van der Waals surface area contributed by atoms with Gasteiger partial charge in [-0.05, 0) is 25.0 Å². The number of hydrogen-bond donors (Lipinski definition) is 2. The van der Waals surface area contributed by atoms with Crippen LogP contribution in [0.5, 0.6) is 0 Å². The van der Waals surface area contributed by atoms with E-state index in [9.17, 15) is 9.59 Å². The molecule has 1 heterocycles. The minimum absolute atomic E-state index is 0.103. The van der Waals surface area contributed by atoms with E-state index in [1.54, 1.807) is 12.1 Å². The lowest BCUT2D eigenvalue weighted by molar-refractivity contribution is -0.131. The molecule has 0 unspecified atom stereocenters. The lowest BCUT2D eigenvalue weighted by Gasteiger charge is -2.15. The van der Waals surface area contributed by atoms with Crippen LogP contribution in [0.25, 0.3) is 6.08 Å². The van der Waals surface area contributed by atoms with Crippen LogP contribution in [0.2, 0.25) is 0 Å². The number of aliphatic carboxylic acids is 1. The Kier molecular flexibility index (Phi) is 5.73. The van der Waals surface area contributed by atoms with Gasteiger partial charge in [-0.2, -0.15) is 0 Å². The highest BCUT2D eigenvalue weighted by molar-refractivity contribution is 5.97. The lowest BCUT2D eigenvalue weighted by Crippen LogP contribution is -2.34. The molecule has 0 aliphatic heterocycles. The number of hydrogen-bond acceptors (Lipinski definition) is 3. The Morgan fingerprint density at radius 2 is 2.11 bits per heavy atom. The minimum atomic E-state index is -1.06. The van der Waals surface area contributed by atoms with Gasteiger partial charge in [0.1, 0.15) is 5.69 Å². The maximum absolute atomic E-state index is 12.1. The summed E-state index contributed by atoms with van der Waals surface area (Å²) in [6.45, 7) is 4.00. The Morgan fingerprint density at radius 1 is 1.42 bits per heavy atom. The molecule has 0 saturated heterocycles. The van der Waals surface area contributed by atoms with Crippen LogP contribution in [0.15, 0.2) is 24.4 Å². The molecule has 102 valence electrons. The van der Waals surface area contributed by atoms with Crippen molar-refractivity contribution in [3.8, 4) is 0 Å². The molecule has 0 bridgehead atoms. The van der Waals surface area contributed by atoms with E-state index in [-0.39, 0.29) is 17.6 Å². The largest absolute Gasteiger partial charge is 0.478 e. The van der Waals surface area contributed by atoms with Crippen LogP contribution >= 0.6 is 0 Å². The average Bonchev–Trinajstić information content (AvgIpc) is 2.42. The van der Waals surface area contributed by atoms with Crippen molar-refractivity contribution in [3.63, 3.8) is 0 Å². The number of amides is 1. The van der Waals surface area contributed by atoms with Crippen molar-refractivity contribution in [2.45, 2.75) is 32.7 Å². The summed E-state index contributed by atoms with van der Waals surface area (Å²) in [6, 6.07) is 3.43. The number of nitrogens with one attached hydrogen (secondary N) is 1. The van der Waals surface area contributed by atoms with Crippen LogP contribution in [0.4, 0.5) is 0 Å². The molecule has 0 aliphatic rings. The van der Waals surface area contributed by atoms with Gasteiger partial charge in [-0.1, -0.05) is 19.9 Å². The van der Waals surface area contributed by atoms with Crippen LogP contribution in [0.3, 0.4) is 0 Å². The predicted molar refractivity (Wildman–Crippen MR) is 72.7 cm³/mol. The van der Waals surface area contributed by atoms with Crippen LogP contribution in [-0.4, -0.2) is 28.0 Å². The van der Waals surface area contributed by atoms with E-state index in [2.05, 4.69) is 10.3 Å². The van der Waals surface area contributed by atoms with Crippen LogP contribution in [-0.2, 0) is 4.79 Å². The first-order chi connectivity index (χ1) is 9.08. The van der Waals surface area contributed by atoms with Gasteiger partial charge in [-0.25, -0.2) is 4.79 Å². The number of carbonyl (C=O) groups is 2. The number of carboxylic acid groups (broad SMARTS) is 1. The molecule has 19 heavy (non-hydrogen) atoms. The van der Waals surface area contributed by atoms with E-state index in [1.807, 2.05) is 13.8 Å². The Balaban J connectivity index is 2.93. The highest BCUT2D eigenvalue weighted by atomic mass is 16.4. The quantitative estimate of drug-likeness (QED) is 0.769. The summed E-state index contributed by atoms with van der Waals surface area (Å²) in [6.07, 6.45) is 5.56. The van der Waals surface area contributed by atoms with Crippen LogP contribution < -0.4 is 5.32 Å². The molecule has 1 amide bonds. The van der Waals surface area contributed by atoms with Crippen molar-refractivity contribution in [1.82, 2.24) is 10.3 Å². The fraction of sp³-hybridized carbons (Fsp3) is 0.357. The monoisotopic (exact) mass is 262 g/mol. The molecule has 5 nitrogen and oxygen atoms in total. The maximum Gasteiger partial charge on any atom is 0.328 e. The molecule has 0 radical (unpaired) electrons. The van der Waals surface area contributed by atoms with E-state index in [0.717, 1.165) is 18.9 Å². The summed E-state index contributed by atoms with van der Waals surface area (Å²) in [5.74, 6) is -1.34. The molecule has 0 fully saturated rings. The third kappa shape index (κ3) is 4.54. The number of aromatic nitrogens is 1. The Bertz CT molecular complexity index is 479. The summed E-state index contributed by atoms with van der Waals surface area (Å²) < 4.78 is 0. The van der Waals surface area contributed by atoms with Gasteiger partial charge in [0, 0.05) is 23.9 Å². The van der Waals surface area contributed by atoms with Gasteiger partial charge in [-0.3, -0.25) is 9.78 Å². The summed E-state index contributed by atoms with van der Waals surface area (Å²) in [7, 11) is 0. The summed E-state index contributed by atoms with van der Waals surface area (Å²) in [4.78, 5) is 26.6. The zero-order chi connectivity index (χ0) is 14.3. The molecule has 0 saturated carbocycles. The van der Waals surface area contributed by atoms with Crippen molar-refractivity contribution in [2.24, 2.45) is 0 Å². The predicted octanol–water partition coefficient (Wildman–Crippen LogP) is 2.10. The van der Waals surface area contributed by atoms with Crippen molar-refractivity contribution >= 4 is 18.0 Å². The topological polar surface area (TPSA) is 79.3 Å². The van der Waals surface area contributed by atoms with Gasteiger partial charge >= 0.3 is 5.97 Å². The first-order valence-corrected chi connectivity index (χ1v) is 6.25. The van der Waals surface area contributed by atoms with E-state index in [4.69, 9.17) is 5.11 Å². The third-order valence-corrected chi connectivity index (χ3v) is 2.78. The number of pyridine rings is 1. The van der Waals surface area contributed by atoms with E-state index >= 15 is 0 Å². The first kappa shape index (κ1) is 14.9. The van der Waals surface area contributed by atoms with Crippen molar-refractivity contribution in [1.29, 1.82) is 0 Å². The number of nitrogens with zero attached hydrogens (tertiary/aromatic N) is 1. The second-order valence-electron chi connectivity index (χ2n) is 4.10.